The van der Waals surface area contributed by atoms with E-state index >= 15 is 0 Å². The normalized spacial score (nSPS) is 11.9. The van der Waals surface area contributed by atoms with Gasteiger partial charge in [0, 0.05) is 23.2 Å². The van der Waals surface area contributed by atoms with Crippen LogP contribution in [0.25, 0.3) is 0 Å². The Labute approximate surface area is 121 Å². The Bertz CT molecular complexity index is 431. The van der Waals surface area contributed by atoms with Crippen LogP contribution >= 0.6 is 15.9 Å². The Morgan fingerprint density at radius 1 is 1.32 bits per heavy atom. The molecule has 0 saturated heterocycles. The van der Waals surface area contributed by atoms with Crippen LogP contribution in [-0.4, -0.2) is 16.9 Å². The first-order valence-electron chi connectivity index (χ1n) is 6.27. The average molecular weight is 328 g/mol. The number of hydroxylamine groups is 1. The van der Waals surface area contributed by atoms with Crippen LogP contribution in [0, 0.1) is 5.92 Å². The molecule has 0 unspecified atom stereocenters. The van der Waals surface area contributed by atoms with Gasteiger partial charge in [-0.05, 0) is 24.1 Å². The number of rotatable bonds is 7. The molecule has 1 rings (SSSR count). The Morgan fingerprint density at radius 2 is 1.95 bits per heavy atom. The minimum atomic E-state index is -0.481. The van der Waals surface area contributed by atoms with Gasteiger partial charge in [-0.25, -0.2) is 5.48 Å². The van der Waals surface area contributed by atoms with Gasteiger partial charge in [0.25, 0.3) is 0 Å². The maximum absolute atomic E-state index is 11.9. The molecule has 4 nitrogen and oxygen atoms in total. The van der Waals surface area contributed by atoms with E-state index < -0.39 is 11.8 Å². The van der Waals surface area contributed by atoms with E-state index in [-0.39, 0.29) is 12.2 Å². The quantitative estimate of drug-likeness (QED) is 0.597. The molecule has 1 atom stereocenters. The number of nitrogens with one attached hydrogen (secondary N) is 1. The molecule has 1 aromatic carbocycles. The molecule has 0 saturated carbocycles. The number of hydrogen-bond acceptors (Lipinski definition) is 3. The molecule has 1 amide bonds. The van der Waals surface area contributed by atoms with Crippen molar-refractivity contribution in [2.75, 3.05) is 0 Å². The van der Waals surface area contributed by atoms with Crippen LogP contribution in [0.3, 0.4) is 0 Å². The number of halogens is 1. The van der Waals surface area contributed by atoms with Gasteiger partial charge in [-0.2, -0.15) is 0 Å². The summed E-state index contributed by atoms with van der Waals surface area (Å²) in [5.41, 5.74) is 2.55. The lowest BCUT2D eigenvalue weighted by Crippen LogP contribution is -2.29. The molecule has 0 aliphatic rings. The number of carbonyl (C=O) groups excluding carboxylic acids is 2. The van der Waals surface area contributed by atoms with Crippen LogP contribution < -0.4 is 5.48 Å². The summed E-state index contributed by atoms with van der Waals surface area (Å²) >= 11 is 3.34. The highest BCUT2D eigenvalue weighted by Gasteiger charge is 2.20. The van der Waals surface area contributed by atoms with Crippen LogP contribution in [0.4, 0.5) is 0 Å². The van der Waals surface area contributed by atoms with Gasteiger partial charge in [-0.15, -0.1) is 0 Å². The fourth-order valence-corrected chi connectivity index (χ4v) is 2.21. The summed E-state index contributed by atoms with van der Waals surface area (Å²) in [6, 6.07) is 7.52. The molecule has 0 fully saturated rings. The molecule has 0 aromatic heterocycles. The third-order valence-corrected chi connectivity index (χ3v) is 3.44. The van der Waals surface area contributed by atoms with E-state index in [9.17, 15) is 9.59 Å². The molecule has 0 bridgehead atoms. The number of benzene rings is 1. The number of Topliss-reactive ketones (excluding diaryl/α,β-unsaturated/α-hetero) is 1. The second-order valence-corrected chi connectivity index (χ2v) is 5.42. The Balaban J connectivity index is 2.57. The zero-order valence-electron chi connectivity index (χ0n) is 10.9. The van der Waals surface area contributed by atoms with E-state index in [4.69, 9.17) is 5.21 Å². The minimum Gasteiger partial charge on any atom is -0.299 e. The van der Waals surface area contributed by atoms with Crippen molar-refractivity contribution in [3.63, 3.8) is 0 Å². The summed E-state index contributed by atoms with van der Waals surface area (Å²) in [4.78, 5) is 23.3. The Kier molecular flexibility index (Phi) is 6.73. The summed E-state index contributed by atoms with van der Waals surface area (Å²) in [5, 5.41) is 8.65. The van der Waals surface area contributed by atoms with Gasteiger partial charge in [0.05, 0.1) is 0 Å². The van der Waals surface area contributed by atoms with E-state index in [1.54, 1.807) is 5.48 Å². The third-order valence-electron chi connectivity index (χ3n) is 2.91. The van der Waals surface area contributed by atoms with Gasteiger partial charge < -0.3 is 0 Å². The number of ketones is 1. The lowest BCUT2D eigenvalue weighted by molar-refractivity contribution is -0.136. The van der Waals surface area contributed by atoms with Crippen LogP contribution in [0.15, 0.2) is 28.7 Å². The average Bonchev–Trinajstić information content (AvgIpc) is 2.40. The standard InChI is InChI=1S/C14H18BrNO3/c1-2-3-11(14(18)16-19)9-13(17)8-10-4-6-12(15)7-5-10/h4-7,11,19H,2-3,8-9H2,1H3,(H,16,18)/t11-/m1/s1. The fraction of sp³-hybridized carbons (Fsp3) is 0.429. The number of carbonyl (C=O) groups is 2. The topological polar surface area (TPSA) is 66.4 Å². The molecular formula is C14H18BrNO3. The molecule has 1 aromatic rings. The highest BCUT2D eigenvalue weighted by Crippen LogP contribution is 2.15. The van der Waals surface area contributed by atoms with E-state index in [0.29, 0.717) is 12.8 Å². The van der Waals surface area contributed by atoms with Crippen molar-refractivity contribution in [3.05, 3.63) is 34.3 Å². The van der Waals surface area contributed by atoms with Gasteiger partial charge >= 0.3 is 0 Å². The highest BCUT2D eigenvalue weighted by atomic mass is 79.9. The van der Waals surface area contributed by atoms with Gasteiger partial charge in [0.15, 0.2) is 0 Å². The van der Waals surface area contributed by atoms with E-state index in [1.165, 1.54) is 0 Å². The van der Waals surface area contributed by atoms with Crippen LogP contribution in [0.1, 0.15) is 31.7 Å². The monoisotopic (exact) mass is 327 g/mol. The lowest BCUT2D eigenvalue weighted by Gasteiger charge is -2.12. The predicted octanol–water partition coefficient (Wildman–Crippen LogP) is 2.87. The number of amides is 1. The highest BCUT2D eigenvalue weighted by molar-refractivity contribution is 9.10. The summed E-state index contributed by atoms with van der Waals surface area (Å²) in [7, 11) is 0. The zero-order chi connectivity index (χ0) is 14.3. The molecule has 5 heteroatoms. The predicted molar refractivity (Wildman–Crippen MR) is 75.8 cm³/mol. The second kappa shape index (κ2) is 8.07. The van der Waals surface area contributed by atoms with Crippen molar-refractivity contribution in [3.8, 4) is 0 Å². The number of hydrogen-bond donors (Lipinski definition) is 2. The molecule has 0 radical (unpaired) electrons. The van der Waals surface area contributed by atoms with Crippen LogP contribution in [-0.2, 0) is 16.0 Å². The van der Waals surface area contributed by atoms with E-state index in [2.05, 4.69) is 15.9 Å². The van der Waals surface area contributed by atoms with E-state index in [1.807, 2.05) is 31.2 Å². The Hall–Kier alpha value is -1.20. The third kappa shape index (κ3) is 5.53. The molecule has 104 valence electrons. The maximum atomic E-state index is 11.9. The summed E-state index contributed by atoms with van der Waals surface area (Å²) in [6.07, 6.45) is 1.87. The lowest BCUT2D eigenvalue weighted by atomic mass is 9.94. The van der Waals surface area contributed by atoms with Crippen molar-refractivity contribution >= 4 is 27.6 Å². The molecule has 0 aliphatic carbocycles. The Morgan fingerprint density at radius 3 is 2.47 bits per heavy atom. The zero-order valence-corrected chi connectivity index (χ0v) is 12.4. The molecule has 0 aliphatic heterocycles. The van der Waals surface area contributed by atoms with Crippen molar-refractivity contribution in [2.24, 2.45) is 5.92 Å². The van der Waals surface area contributed by atoms with Gasteiger partial charge in [-0.1, -0.05) is 41.4 Å². The largest absolute Gasteiger partial charge is 0.299 e. The SMILES string of the molecule is CCC[C@H](CC(=O)Cc1ccc(Br)cc1)C(=O)NO. The molecule has 2 N–H and O–H groups in total. The van der Waals surface area contributed by atoms with Crippen molar-refractivity contribution in [1.29, 1.82) is 0 Å². The van der Waals surface area contributed by atoms with Crippen molar-refractivity contribution in [2.45, 2.75) is 32.6 Å². The van der Waals surface area contributed by atoms with Gasteiger partial charge in [0.1, 0.15) is 5.78 Å². The maximum Gasteiger partial charge on any atom is 0.246 e. The molecule has 19 heavy (non-hydrogen) atoms. The van der Waals surface area contributed by atoms with Gasteiger partial charge in [0.2, 0.25) is 5.91 Å². The van der Waals surface area contributed by atoms with Crippen molar-refractivity contribution in [1.82, 2.24) is 5.48 Å². The fourth-order valence-electron chi connectivity index (χ4n) is 1.94. The molecule has 0 heterocycles. The van der Waals surface area contributed by atoms with Crippen LogP contribution in [0.2, 0.25) is 0 Å². The minimum absolute atomic E-state index is 0.00405. The van der Waals surface area contributed by atoms with Crippen molar-refractivity contribution < 1.29 is 14.8 Å². The molecular weight excluding hydrogens is 310 g/mol. The van der Waals surface area contributed by atoms with E-state index in [0.717, 1.165) is 16.5 Å². The first-order chi connectivity index (χ1) is 9.06. The second-order valence-electron chi connectivity index (χ2n) is 4.51. The first-order valence-corrected chi connectivity index (χ1v) is 7.06. The smallest absolute Gasteiger partial charge is 0.246 e. The molecule has 0 spiro atoms. The summed E-state index contributed by atoms with van der Waals surface area (Å²) in [5.74, 6) is -0.923. The van der Waals surface area contributed by atoms with Crippen LogP contribution in [0.5, 0.6) is 0 Å². The van der Waals surface area contributed by atoms with Gasteiger partial charge in [-0.3, -0.25) is 14.8 Å². The first kappa shape index (κ1) is 15.9. The summed E-state index contributed by atoms with van der Waals surface area (Å²) in [6.45, 7) is 1.94. The summed E-state index contributed by atoms with van der Waals surface area (Å²) < 4.78 is 0.965.